The zero-order valence-corrected chi connectivity index (χ0v) is 9.45. The molecule has 1 heterocycles. The molecule has 0 spiro atoms. The Morgan fingerprint density at radius 2 is 2.14 bits per heavy atom. The van der Waals surface area contributed by atoms with Gasteiger partial charge in [-0.25, -0.2) is 5.01 Å². The fraction of sp³-hybridized carbons (Fsp3) is 0.900. The topological polar surface area (TPSA) is 43.8 Å². The van der Waals surface area contributed by atoms with Crippen LogP contribution in [-0.4, -0.2) is 46.3 Å². The first-order valence-corrected chi connectivity index (χ1v) is 5.07. The predicted molar refractivity (Wildman–Crippen MR) is 54.5 cm³/mol. The van der Waals surface area contributed by atoms with Gasteiger partial charge in [-0.1, -0.05) is 0 Å². The molecule has 0 aromatic rings. The highest BCUT2D eigenvalue weighted by molar-refractivity contribution is 5.79. The van der Waals surface area contributed by atoms with Crippen LogP contribution in [0.5, 0.6) is 0 Å². The highest BCUT2D eigenvalue weighted by Crippen LogP contribution is 2.27. The van der Waals surface area contributed by atoms with E-state index >= 15 is 0 Å². The van der Waals surface area contributed by atoms with Crippen LogP contribution in [0.3, 0.4) is 0 Å². The van der Waals surface area contributed by atoms with Crippen molar-refractivity contribution in [3.8, 4) is 0 Å². The van der Waals surface area contributed by atoms with Gasteiger partial charge in [0.1, 0.15) is 0 Å². The monoisotopic (exact) mass is 200 g/mol. The van der Waals surface area contributed by atoms with Crippen molar-refractivity contribution in [1.82, 2.24) is 10.0 Å². The van der Waals surface area contributed by atoms with Crippen LogP contribution in [0.15, 0.2) is 0 Å². The molecule has 1 rings (SSSR count). The molecule has 0 radical (unpaired) electrons. The second-order valence-corrected chi connectivity index (χ2v) is 4.67. The molecule has 4 nitrogen and oxygen atoms in total. The summed E-state index contributed by atoms with van der Waals surface area (Å²) in [6, 6.07) is 0. The summed E-state index contributed by atoms with van der Waals surface area (Å²) in [6.45, 7) is 6.45. The van der Waals surface area contributed by atoms with Gasteiger partial charge in [0.05, 0.1) is 6.10 Å². The standard InChI is InChI=1S/C10H20N2O2/c1-8(13)5-6-12-9(14)7-10(2,3)11(12)4/h8,13H,5-7H2,1-4H3. The Kier molecular flexibility index (Phi) is 3.17. The summed E-state index contributed by atoms with van der Waals surface area (Å²) >= 11 is 0. The molecular formula is C10H20N2O2. The van der Waals surface area contributed by atoms with Gasteiger partial charge >= 0.3 is 0 Å². The van der Waals surface area contributed by atoms with Crippen LogP contribution in [0.4, 0.5) is 0 Å². The molecule has 1 unspecified atom stereocenters. The van der Waals surface area contributed by atoms with E-state index in [1.165, 1.54) is 0 Å². The summed E-state index contributed by atoms with van der Waals surface area (Å²) in [6.07, 6.45) is 0.843. The number of nitrogens with zero attached hydrogens (tertiary/aromatic N) is 2. The number of carbonyl (C=O) groups is 1. The third-order valence-corrected chi connectivity index (χ3v) is 2.87. The van der Waals surface area contributed by atoms with Crippen LogP contribution in [-0.2, 0) is 4.79 Å². The lowest BCUT2D eigenvalue weighted by atomic mass is 10.0. The van der Waals surface area contributed by atoms with Crippen LogP contribution in [0.1, 0.15) is 33.6 Å². The van der Waals surface area contributed by atoms with Crippen molar-refractivity contribution >= 4 is 5.91 Å². The van der Waals surface area contributed by atoms with Crippen molar-refractivity contribution in [2.24, 2.45) is 0 Å². The lowest BCUT2D eigenvalue weighted by Crippen LogP contribution is -2.44. The van der Waals surface area contributed by atoms with Crippen LogP contribution in [0.25, 0.3) is 0 Å². The minimum Gasteiger partial charge on any atom is -0.393 e. The minimum atomic E-state index is -0.347. The molecule has 0 aromatic carbocycles. The van der Waals surface area contributed by atoms with Gasteiger partial charge in [-0.3, -0.25) is 9.80 Å². The molecule has 0 aliphatic carbocycles. The zero-order chi connectivity index (χ0) is 10.9. The van der Waals surface area contributed by atoms with Crippen LogP contribution >= 0.6 is 0 Å². The third-order valence-electron chi connectivity index (χ3n) is 2.87. The summed E-state index contributed by atoms with van der Waals surface area (Å²) in [4.78, 5) is 11.6. The second-order valence-electron chi connectivity index (χ2n) is 4.67. The Morgan fingerprint density at radius 1 is 1.57 bits per heavy atom. The van der Waals surface area contributed by atoms with Crippen molar-refractivity contribution in [1.29, 1.82) is 0 Å². The Labute approximate surface area is 85.5 Å². The number of hydrogen-bond acceptors (Lipinski definition) is 3. The van der Waals surface area contributed by atoms with E-state index < -0.39 is 0 Å². The molecule has 82 valence electrons. The number of aliphatic hydroxyl groups excluding tert-OH is 1. The van der Waals surface area contributed by atoms with E-state index in [0.717, 1.165) is 0 Å². The second kappa shape index (κ2) is 3.87. The normalized spacial score (nSPS) is 24.4. The predicted octanol–water partition coefficient (Wildman–Crippen LogP) is 0.615. The van der Waals surface area contributed by atoms with E-state index in [4.69, 9.17) is 5.11 Å². The first-order valence-electron chi connectivity index (χ1n) is 5.07. The van der Waals surface area contributed by atoms with Crippen molar-refractivity contribution in [2.75, 3.05) is 13.6 Å². The SMILES string of the molecule is CC(O)CCN1C(=O)CC(C)(C)N1C. The molecule has 1 aliphatic rings. The Bertz CT molecular complexity index is 226. The first-order chi connectivity index (χ1) is 6.34. The van der Waals surface area contributed by atoms with Crippen molar-refractivity contribution in [2.45, 2.75) is 45.3 Å². The smallest absolute Gasteiger partial charge is 0.238 e. The van der Waals surface area contributed by atoms with Gasteiger partial charge in [-0.2, -0.15) is 0 Å². The fourth-order valence-electron chi connectivity index (χ4n) is 1.65. The molecule has 1 N–H and O–H groups in total. The third kappa shape index (κ3) is 2.25. The number of aliphatic hydroxyl groups is 1. The number of rotatable bonds is 3. The highest BCUT2D eigenvalue weighted by atomic mass is 16.3. The van der Waals surface area contributed by atoms with E-state index in [-0.39, 0.29) is 17.6 Å². The first kappa shape index (κ1) is 11.5. The average Bonchev–Trinajstić information content (AvgIpc) is 2.19. The lowest BCUT2D eigenvalue weighted by molar-refractivity contribution is -0.138. The van der Waals surface area contributed by atoms with Crippen LogP contribution in [0, 0.1) is 0 Å². The maximum absolute atomic E-state index is 11.6. The summed E-state index contributed by atoms with van der Waals surface area (Å²) in [5.74, 6) is 0.151. The van der Waals surface area contributed by atoms with Crippen molar-refractivity contribution < 1.29 is 9.90 Å². The van der Waals surface area contributed by atoms with E-state index in [1.807, 2.05) is 25.9 Å². The quantitative estimate of drug-likeness (QED) is 0.726. The van der Waals surface area contributed by atoms with Crippen LogP contribution < -0.4 is 0 Å². The number of hydrogen-bond donors (Lipinski definition) is 1. The van der Waals surface area contributed by atoms with Gasteiger partial charge < -0.3 is 5.11 Å². The lowest BCUT2D eigenvalue weighted by Gasteiger charge is -2.33. The molecule has 1 atom stereocenters. The maximum atomic E-state index is 11.6. The molecule has 0 bridgehead atoms. The van der Waals surface area contributed by atoms with Crippen LogP contribution in [0.2, 0.25) is 0 Å². The molecule has 4 heteroatoms. The van der Waals surface area contributed by atoms with E-state index in [9.17, 15) is 4.79 Å². The van der Waals surface area contributed by atoms with Gasteiger partial charge in [0, 0.05) is 25.6 Å². The Hall–Kier alpha value is -0.610. The van der Waals surface area contributed by atoms with Gasteiger partial charge in [-0.15, -0.1) is 0 Å². The number of amides is 1. The van der Waals surface area contributed by atoms with E-state index in [0.29, 0.717) is 19.4 Å². The Morgan fingerprint density at radius 3 is 2.50 bits per heavy atom. The fourth-order valence-corrected chi connectivity index (χ4v) is 1.65. The number of carbonyl (C=O) groups excluding carboxylic acids is 1. The minimum absolute atomic E-state index is 0.0875. The summed E-state index contributed by atoms with van der Waals surface area (Å²) in [5.41, 5.74) is -0.0875. The average molecular weight is 200 g/mol. The molecule has 14 heavy (non-hydrogen) atoms. The summed E-state index contributed by atoms with van der Waals surface area (Å²) in [5, 5.41) is 12.9. The Balaban J connectivity index is 2.57. The molecule has 1 aliphatic heterocycles. The van der Waals surface area contributed by atoms with Crippen molar-refractivity contribution in [3.05, 3.63) is 0 Å². The molecule has 0 saturated carbocycles. The highest BCUT2D eigenvalue weighted by Gasteiger charge is 2.40. The molecular weight excluding hydrogens is 180 g/mol. The zero-order valence-electron chi connectivity index (χ0n) is 9.45. The molecule has 0 aromatic heterocycles. The van der Waals surface area contributed by atoms with E-state index in [1.54, 1.807) is 11.9 Å². The number of hydrazine groups is 1. The van der Waals surface area contributed by atoms with Gasteiger partial charge in [-0.05, 0) is 27.2 Å². The van der Waals surface area contributed by atoms with Gasteiger partial charge in [0.15, 0.2) is 0 Å². The molecule has 1 fully saturated rings. The van der Waals surface area contributed by atoms with Crippen molar-refractivity contribution in [3.63, 3.8) is 0 Å². The molecule has 1 amide bonds. The van der Waals surface area contributed by atoms with Gasteiger partial charge in [0.2, 0.25) is 5.91 Å². The summed E-state index contributed by atoms with van der Waals surface area (Å²) in [7, 11) is 1.92. The van der Waals surface area contributed by atoms with E-state index in [2.05, 4.69) is 0 Å². The summed E-state index contributed by atoms with van der Waals surface area (Å²) < 4.78 is 0. The maximum Gasteiger partial charge on any atom is 0.238 e. The van der Waals surface area contributed by atoms with Gasteiger partial charge in [0.25, 0.3) is 0 Å². The largest absolute Gasteiger partial charge is 0.393 e. The molecule has 1 saturated heterocycles.